The molecule has 2 N–H and O–H groups in total. The molecule has 0 aromatic rings. The highest BCUT2D eigenvalue weighted by atomic mass is 32.2. The van der Waals surface area contributed by atoms with Gasteiger partial charge in [-0.25, -0.2) is 4.72 Å². The van der Waals surface area contributed by atoms with Crippen LogP contribution < -0.4 is 10.0 Å². The van der Waals surface area contributed by atoms with Gasteiger partial charge in [0.2, 0.25) is 0 Å². The zero-order valence-electron chi connectivity index (χ0n) is 11.4. The summed E-state index contributed by atoms with van der Waals surface area (Å²) >= 11 is 0. The average Bonchev–Trinajstić information content (AvgIpc) is 3.07. The van der Waals surface area contributed by atoms with E-state index in [1.807, 2.05) is 7.05 Å². The minimum absolute atomic E-state index is 0.220. The van der Waals surface area contributed by atoms with Crippen molar-refractivity contribution >= 4 is 10.2 Å². The van der Waals surface area contributed by atoms with E-state index in [0.29, 0.717) is 25.6 Å². The fourth-order valence-electron chi connectivity index (χ4n) is 2.39. The molecule has 5 nitrogen and oxygen atoms in total. The number of rotatable bonds is 6. The Morgan fingerprint density at radius 2 is 1.89 bits per heavy atom. The van der Waals surface area contributed by atoms with Gasteiger partial charge in [0.15, 0.2) is 0 Å². The third-order valence-corrected chi connectivity index (χ3v) is 5.75. The molecule has 2 fully saturated rings. The van der Waals surface area contributed by atoms with E-state index < -0.39 is 10.2 Å². The van der Waals surface area contributed by atoms with E-state index in [0.717, 1.165) is 32.2 Å². The first kappa shape index (κ1) is 14.2. The van der Waals surface area contributed by atoms with Gasteiger partial charge in [0, 0.05) is 19.6 Å². The quantitative estimate of drug-likeness (QED) is 0.744. The second-order valence-corrected chi connectivity index (χ2v) is 7.79. The highest BCUT2D eigenvalue weighted by molar-refractivity contribution is 7.87. The summed E-state index contributed by atoms with van der Waals surface area (Å²) in [5.74, 6) is 0.613. The van der Waals surface area contributed by atoms with Gasteiger partial charge in [-0.2, -0.15) is 12.7 Å². The Hall–Kier alpha value is -0.170. The molecule has 0 atom stereocenters. The van der Waals surface area contributed by atoms with Crippen LogP contribution in [0.2, 0.25) is 0 Å². The average molecular weight is 275 g/mol. The second kappa shape index (κ2) is 5.45. The number of nitrogens with one attached hydrogen (secondary N) is 2. The van der Waals surface area contributed by atoms with E-state index in [2.05, 4.69) is 17.0 Å². The summed E-state index contributed by atoms with van der Waals surface area (Å²) in [5.41, 5.74) is 0.220. The summed E-state index contributed by atoms with van der Waals surface area (Å²) in [4.78, 5) is 0. The van der Waals surface area contributed by atoms with E-state index in [1.54, 1.807) is 4.31 Å². The Bertz CT molecular complexity index is 371. The summed E-state index contributed by atoms with van der Waals surface area (Å²) in [6, 6.07) is 0. The van der Waals surface area contributed by atoms with Gasteiger partial charge in [0.05, 0.1) is 0 Å². The van der Waals surface area contributed by atoms with Crippen LogP contribution in [0.15, 0.2) is 0 Å². The lowest BCUT2D eigenvalue weighted by Crippen LogP contribution is -2.47. The van der Waals surface area contributed by atoms with Crippen molar-refractivity contribution in [2.45, 2.75) is 32.6 Å². The van der Waals surface area contributed by atoms with E-state index in [4.69, 9.17) is 0 Å². The van der Waals surface area contributed by atoms with Crippen LogP contribution in [-0.2, 0) is 10.2 Å². The highest BCUT2D eigenvalue weighted by Crippen LogP contribution is 2.44. The van der Waals surface area contributed by atoms with Crippen molar-refractivity contribution in [2.75, 3.05) is 33.2 Å². The Morgan fingerprint density at radius 3 is 2.39 bits per heavy atom. The van der Waals surface area contributed by atoms with Gasteiger partial charge in [-0.05, 0) is 50.6 Å². The van der Waals surface area contributed by atoms with Crippen LogP contribution in [0.25, 0.3) is 0 Å². The molecule has 0 amide bonds. The molecular formula is C12H25N3O2S. The predicted octanol–water partition coefficient (Wildman–Crippen LogP) is 0.552. The fourth-order valence-corrected chi connectivity index (χ4v) is 3.79. The third-order valence-electron chi connectivity index (χ3n) is 4.19. The van der Waals surface area contributed by atoms with Gasteiger partial charge in [-0.1, -0.05) is 6.92 Å². The normalized spacial score (nSPS) is 25.2. The van der Waals surface area contributed by atoms with Crippen LogP contribution in [0.1, 0.15) is 32.6 Å². The minimum Gasteiger partial charge on any atom is -0.319 e. The lowest BCUT2D eigenvalue weighted by molar-refractivity contribution is 0.267. The zero-order chi connectivity index (χ0) is 13.2. The van der Waals surface area contributed by atoms with E-state index in [9.17, 15) is 8.42 Å². The van der Waals surface area contributed by atoms with Crippen molar-refractivity contribution in [1.29, 1.82) is 0 Å². The minimum atomic E-state index is -3.25. The highest BCUT2D eigenvalue weighted by Gasteiger charge is 2.39. The van der Waals surface area contributed by atoms with Gasteiger partial charge in [-0.15, -0.1) is 0 Å². The molecule has 0 spiro atoms. The molecule has 1 aliphatic heterocycles. The molecule has 0 radical (unpaired) electrons. The molecule has 1 aliphatic carbocycles. The molecule has 0 unspecified atom stereocenters. The molecule has 2 rings (SSSR count). The first-order valence-electron chi connectivity index (χ1n) is 6.84. The van der Waals surface area contributed by atoms with Crippen molar-refractivity contribution in [3.63, 3.8) is 0 Å². The summed E-state index contributed by atoms with van der Waals surface area (Å²) in [6.07, 6.45) is 4.19. The fraction of sp³-hybridized carbons (Fsp3) is 1.00. The topological polar surface area (TPSA) is 61.4 Å². The summed E-state index contributed by atoms with van der Waals surface area (Å²) < 4.78 is 28.6. The maximum Gasteiger partial charge on any atom is 0.279 e. The van der Waals surface area contributed by atoms with Crippen molar-refractivity contribution in [3.05, 3.63) is 0 Å². The Balaban J connectivity index is 1.80. The molecule has 0 aromatic carbocycles. The molecule has 2 aliphatic rings. The molecule has 1 saturated heterocycles. The molecular weight excluding hydrogens is 250 g/mol. The van der Waals surface area contributed by atoms with E-state index in [-0.39, 0.29) is 5.41 Å². The Morgan fingerprint density at radius 1 is 1.28 bits per heavy atom. The summed E-state index contributed by atoms with van der Waals surface area (Å²) in [5, 5.41) is 3.16. The number of hydrogen-bond acceptors (Lipinski definition) is 3. The van der Waals surface area contributed by atoms with Crippen molar-refractivity contribution in [3.8, 4) is 0 Å². The largest absolute Gasteiger partial charge is 0.319 e. The third kappa shape index (κ3) is 3.66. The SMILES string of the molecule is CNCC1CCN(S(=O)(=O)NCC2(C)CC2)CC1. The molecule has 18 heavy (non-hydrogen) atoms. The van der Waals surface area contributed by atoms with E-state index in [1.165, 1.54) is 0 Å². The summed E-state index contributed by atoms with van der Waals surface area (Å²) in [7, 11) is -1.31. The molecule has 6 heteroatoms. The van der Waals surface area contributed by atoms with Gasteiger partial charge >= 0.3 is 0 Å². The monoisotopic (exact) mass is 275 g/mol. The van der Waals surface area contributed by atoms with Crippen LogP contribution >= 0.6 is 0 Å². The van der Waals surface area contributed by atoms with Crippen molar-refractivity contribution in [1.82, 2.24) is 14.3 Å². The lowest BCUT2D eigenvalue weighted by atomic mass is 9.98. The van der Waals surface area contributed by atoms with Crippen LogP contribution in [0.3, 0.4) is 0 Å². The maximum atomic E-state index is 12.1. The smallest absolute Gasteiger partial charge is 0.279 e. The van der Waals surface area contributed by atoms with E-state index >= 15 is 0 Å². The van der Waals surface area contributed by atoms with Crippen LogP contribution in [-0.4, -0.2) is 45.9 Å². The molecule has 106 valence electrons. The number of piperidine rings is 1. The number of hydrogen-bond donors (Lipinski definition) is 2. The van der Waals surface area contributed by atoms with Gasteiger partial charge < -0.3 is 5.32 Å². The predicted molar refractivity (Wildman–Crippen MR) is 72.5 cm³/mol. The Kier molecular flexibility index (Phi) is 4.31. The molecule has 0 aromatic heterocycles. The van der Waals surface area contributed by atoms with Crippen molar-refractivity contribution in [2.24, 2.45) is 11.3 Å². The first-order chi connectivity index (χ1) is 8.45. The first-order valence-corrected chi connectivity index (χ1v) is 8.29. The van der Waals surface area contributed by atoms with Crippen molar-refractivity contribution < 1.29 is 8.42 Å². The van der Waals surface area contributed by atoms with Gasteiger partial charge in [0.25, 0.3) is 10.2 Å². The molecule has 0 bridgehead atoms. The Labute approximate surface area is 110 Å². The lowest BCUT2D eigenvalue weighted by Gasteiger charge is -2.31. The zero-order valence-corrected chi connectivity index (χ0v) is 12.2. The standard InChI is InChI=1S/C12H25N3O2S/c1-12(5-6-12)10-14-18(16,17)15-7-3-11(4-8-15)9-13-2/h11,13-14H,3-10H2,1-2H3. The van der Waals surface area contributed by atoms with Crippen LogP contribution in [0.4, 0.5) is 0 Å². The second-order valence-electron chi connectivity index (χ2n) is 6.04. The maximum absolute atomic E-state index is 12.1. The van der Waals surface area contributed by atoms with Gasteiger partial charge in [0.1, 0.15) is 0 Å². The molecule has 1 saturated carbocycles. The van der Waals surface area contributed by atoms with Crippen LogP contribution in [0.5, 0.6) is 0 Å². The summed E-state index contributed by atoms with van der Waals surface area (Å²) in [6.45, 7) is 5.01. The number of nitrogens with zero attached hydrogens (tertiary/aromatic N) is 1. The van der Waals surface area contributed by atoms with Gasteiger partial charge in [-0.3, -0.25) is 0 Å². The molecule has 1 heterocycles. The van der Waals surface area contributed by atoms with Crippen LogP contribution in [0, 0.1) is 11.3 Å².